The Morgan fingerprint density at radius 2 is 1.53 bits per heavy atom. The molecular formula is C31H46NOS+. The molecule has 6 unspecified atom stereocenters. The van der Waals surface area contributed by atoms with E-state index in [4.69, 9.17) is 0 Å². The zero-order valence-corrected chi connectivity index (χ0v) is 23.1. The lowest BCUT2D eigenvalue weighted by atomic mass is 9.69. The molecule has 0 radical (unpaired) electrons. The summed E-state index contributed by atoms with van der Waals surface area (Å²) in [6, 6.07) is 10.4. The third-order valence-electron chi connectivity index (χ3n) is 8.96. The summed E-state index contributed by atoms with van der Waals surface area (Å²) in [7, 11) is 0. The average molecular weight is 481 g/mol. The monoisotopic (exact) mass is 480 g/mol. The molecule has 0 aliphatic heterocycles. The zero-order chi connectivity index (χ0) is 24.4. The first-order chi connectivity index (χ1) is 16.3. The summed E-state index contributed by atoms with van der Waals surface area (Å²) in [6.07, 6.45) is 8.42. The molecule has 0 bridgehead atoms. The highest BCUT2D eigenvalue weighted by Crippen LogP contribution is 2.46. The summed E-state index contributed by atoms with van der Waals surface area (Å²) in [4.78, 5) is 13.3. The van der Waals surface area contributed by atoms with E-state index >= 15 is 0 Å². The molecule has 1 heterocycles. The van der Waals surface area contributed by atoms with Crippen molar-refractivity contribution in [3.05, 3.63) is 52.0 Å². The smallest absolute Gasteiger partial charge is 0.241 e. The molecule has 4 rings (SSSR count). The Morgan fingerprint density at radius 1 is 0.912 bits per heavy atom. The van der Waals surface area contributed by atoms with Gasteiger partial charge < -0.3 is 0 Å². The molecule has 0 saturated heterocycles. The third kappa shape index (κ3) is 5.50. The Morgan fingerprint density at radius 3 is 2.18 bits per heavy atom. The first-order valence-electron chi connectivity index (χ1n) is 13.9. The van der Waals surface area contributed by atoms with Crippen molar-refractivity contribution in [3.8, 4) is 0 Å². The van der Waals surface area contributed by atoms with Crippen molar-refractivity contribution >= 4 is 17.1 Å². The normalized spacial score (nSPS) is 30.1. The van der Waals surface area contributed by atoms with Gasteiger partial charge in [-0.2, -0.15) is 4.57 Å². The lowest BCUT2D eigenvalue weighted by Gasteiger charge is -2.38. The van der Waals surface area contributed by atoms with Gasteiger partial charge in [0.25, 0.3) is 0 Å². The maximum Gasteiger partial charge on any atom is 0.241 e. The molecule has 2 saturated carbocycles. The van der Waals surface area contributed by atoms with E-state index in [1.807, 2.05) is 41.7 Å². The van der Waals surface area contributed by atoms with E-state index in [9.17, 15) is 4.79 Å². The van der Waals surface area contributed by atoms with Crippen molar-refractivity contribution in [2.45, 2.75) is 98.4 Å². The van der Waals surface area contributed by atoms with Gasteiger partial charge in [-0.1, -0.05) is 89.6 Å². The minimum Gasteiger partial charge on any atom is -0.294 e. The molecule has 2 fully saturated rings. The Hall–Kier alpha value is -1.48. The van der Waals surface area contributed by atoms with Crippen LogP contribution in [0, 0.1) is 35.5 Å². The molecule has 2 aliphatic rings. The number of carbonyl (C=O) groups is 1. The summed E-state index contributed by atoms with van der Waals surface area (Å²) >= 11 is 1.96. The van der Waals surface area contributed by atoms with E-state index in [0.29, 0.717) is 36.1 Å². The van der Waals surface area contributed by atoms with Crippen LogP contribution in [0.15, 0.2) is 35.7 Å². The molecule has 2 aromatic rings. The second kappa shape index (κ2) is 11.1. The van der Waals surface area contributed by atoms with Crippen molar-refractivity contribution < 1.29 is 9.36 Å². The van der Waals surface area contributed by atoms with Gasteiger partial charge in [-0.05, 0) is 55.3 Å². The van der Waals surface area contributed by atoms with Crippen LogP contribution in [0.3, 0.4) is 0 Å². The summed E-state index contributed by atoms with van der Waals surface area (Å²) in [5, 5.41) is 3.93. The molecule has 0 amide bonds. The fraction of sp³-hybridized carbons (Fsp3) is 0.677. The number of hydrogen-bond donors (Lipinski definition) is 0. The van der Waals surface area contributed by atoms with Gasteiger partial charge in [0.15, 0.2) is 17.5 Å². The van der Waals surface area contributed by atoms with Crippen molar-refractivity contribution in [3.63, 3.8) is 0 Å². The third-order valence-corrected chi connectivity index (χ3v) is 10.1. The van der Waals surface area contributed by atoms with Crippen LogP contribution in [-0.4, -0.2) is 5.78 Å². The molecule has 2 nitrogen and oxygen atoms in total. The predicted molar refractivity (Wildman–Crippen MR) is 143 cm³/mol. The maximum absolute atomic E-state index is 13.3. The van der Waals surface area contributed by atoms with E-state index in [2.05, 4.69) is 51.5 Å². The second-order valence-electron chi connectivity index (χ2n) is 12.2. The van der Waals surface area contributed by atoms with E-state index in [1.165, 1.54) is 44.2 Å². The molecule has 3 heteroatoms. The minimum absolute atomic E-state index is 0.251. The number of benzene rings is 1. The summed E-state index contributed by atoms with van der Waals surface area (Å²) in [5.74, 6) is 5.23. The van der Waals surface area contributed by atoms with Crippen LogP contribution in [0.5, 0.6) is 0 Å². The molecule has 0 spiro atoms. The minimum atomic E-state index is 0.251. The molecule has 2 aliphatic carbocycles. The second-order valence-corrected chi connectivity index (χ2v) is 13.1. The maximum atomic E-state index is 13.3. The van der Waals surface area contributed by atoms with E-state index in [1.54, 1.807) is 5.01 Å². The van der Waals surface area contributed by atoms with Gasteiger partial charge in [0, 0.05) is 17.9 Å². The molecule has 1 aromatic carbocycles. The lowest BCUT2D eigenvalue weighted by Crippen LogP contribution is -2.53. The first-order valence-corrected chi connectivity index (χ1v) is 14.7. The van der Waals surface area contributed by atoms with Gasteiger partial charge in [-0.3, -0.25) is 4.79 Å². The van der Waals surface area contributed by atoms with Gasteiger partial charge in [0.1, 0.15) is 0 Å². The quantitative estimate of drug-likeness (QED) is 0.288. The summed E-state index contributed by atoms with van der Waals surface area (Å²) < 4.78 is 2.74. The first kappa shape index (κ1) is 25.6. The van der Waals surface area contributed by atoms with E-state index in [-0.39, 0.29) is 5.78 Å². The summed E-state index contributed by atoms with van der Waals surface area (Å²) in [5.41, 5.74) is 2.10. The van der Waals surface area contributed by atoms with Crippen LogP contribution in [0.2, 0.25) is 0 Å². The molecule has 6 atom stereocenters. The highest BCUT2D eigenvalue weighted by molar-refractivity contribution is 7.09. The molecule has 0 N–H and O–H groups in total. The number of Topliss-reactive ketones (excluding diaryl/α,β-unsaturated/α-hetero) is 1. The Bertz CT molecular complexity index is 946. The zero-order valence-electron chi connectivity index (χ0n) is 22.3. The van der Waals surface area contributed by atoms with Gasteiger partial charge >= 0.3 is 0 Å². The van der Waals surface area contributed by atoms with Crippen molar-refractivity contribution in [1.29, 1.82) is 0 Å². The van der Waals surface area contributed by atoms with Crippen molar-refractivity contribution in [2.75, 3.05) is 0 Å². The van der Waals surface area contributed by atoms with Gasteiger partial charge in [-0.15, -0.1) is 0 Å². The van der Waals surface area contributed by atoms with Crippen LogP contribution in [0.4, 0.5) is 0 Å². The number of aromatic nitrogens is 1. The molecule has 186 valence electrons. The van der Waals surface area contributed by atoms with Crippen molar-refractivity contribution in [2.24, 2.45) is 35.5 Å². The van der Waals surface area contributed by atoms with E-state index in [0.717, 1.165) is 23.3 Å². The van der Waals surface area contributed by atoms with Crippen LogP contribution >= 0.6 is 11.3 Å². The number of thiazole rings is 1. The Kier molecular flexibility index (Phi) is 8.33. The van der Waals surface area contributed by atoms with Crippen LogP contribution in [0.25, 0.3) is 0 Å². The fourth-order valence-corrected chi connectivity index (χ4v) is 8.24. The number of rotatable bonds is 7. The topological polar surface area (TPSA) is 20.9 Å². The largest absolute Gasteiger partial charge is 0.294 e. The average Bonchev–Trinajstić information content (AvgIpc) is 3.22. The van der Waals surface area contributed by atoms with Crippen LogP contribution in [-0.2, 0) is 6.42 Å². The fourth-order valence-electron chi connectivity index (χ4n) is 6.98. The lowest BCUT2D eigenvalue weighted by molar-refractivity contribution is -0.743. The van der Waals surface area contributed by atoms with Gasteiger partial charge in [0.05, 0.1) is 17.7 Å². The SMILES string of the molecule is CC1CCC(C(C)C)C(c2scc(CC(=O)c3ccccc3)[n+]2C2CC(C)CCC2C(C)C)C1. The number of carbonyl (C=O) groups excluding carboxylic acids is 1. The summed E-state index contributed by atoms with van der Waals surface area (Å²) in [6.45, 7) is 14.5. The Labute approximate surface area is 212 Å². The molecule has 1 aromatic heterocycles. The number of hydrogen-bond acceptors (Lipinski definition) is 2. The number of ketones is 1. The number of nitrogens with zero attached hydrogens (tertiary/aromatic N) is 1. The van der Waals surface area contributed by atoms with Crippen LogP contribution in [0.1, 0.15) is 113 Å². The van der Waals surface area contributed by atoms with E-state index < -0.39 is 0 Å². The Balaban J connectivity index is 1.78. The highest BCUT2D eigenvalue weighted by atomic mass is 32.1. The standard InChI is InChI=1S/C31H46NOS/c1-20(2)26-14-12-22(5)16-28(26)31-32(29-17-23(6)13-15-27(29)21(3)4)25(19-34-31)18-30(33)24-10-8-7-9-11-24/h7-11,19-23,26-29H,12-18H2,1-6H3/q+1. The van der Waals surface area contributed by atoms with Gasteiger partial charge in [0.2, 0.25) is 5.01 Å². The van der Waals surface area contributed by atoms with Crippen molar-refractivity contribution in [1.82, 2.24) is 0 Å². The molecule has 34 heavy (non-hydrogen) atoms. The highest BCUT2D eigenvalue weighted by Gasteiger charge is 2.45. The van der Waals surface area contributed by atoms with Crippen LogP contribution < -0.4 is 4.57 Å². The molecular weight excluding hydrogens is 434 g/mol. The van der Waals surface area contributed by atoms with Gasteiger partial charge in [-0.25, -0.2) is 0 Å². The predicted octanol–water partition coefficient (Wildman–Crippen LogP) is 8.27.